The summed E-state index contributed by atoms with van der Waals surface area (Å²) in [5, 5.41) is 5.71. The van der Waals surface area contributed by atoms with Gasteiger partial charge in [0.15, 0.2) is 0 Å². The molecular formula is C21H27N2O2. The fourth-order valence-electron chi connectivity index (χ4n) is 2.81. The molecule has 2 rings (SSSR count). The van der Waals surface area contributed by atoms with Gasteiger partial charge in [0.05, 0.1) is 6.04 Å². The van der Waals surface area contributed by atoms with Crippen LogP contribution in [-0.4, -0.2) is 23.9 Å². The van der Waals surface area contributed by atoms with E-state index < -0.39 is 6.04 Å². The Bertz CT molecular complexity index is 635. The molecule has 0 aliphatic heterocycles. The first-order valence-corrected chi connectivity index (χ1v) is 8.93. The van der Waals surface area contributed by atoms with Gasteiger partial charge in [-0.3, -0.25) is 9.59 Å². The molecule has 2 N–H and O–H groups in total. The Hall–Kier alpha value is -2.36. The summed E-state index contributed by atoms with van der Waals surface area (Å²) in [7, 11) is 0. The number of allylic oxidation sites excluding steroid dienone is 2. The van der Waals surface area contributed by atoms with Crippen molar-refractivity contribution in [1.82, 2.24) is 10.6 Å². The van der Waals surface area contributed by atoms with Gasteiger partial charge in [-0.25, -0.2) is 0 Å². The Morgan fingerprint density at radius 1 is 1.24 bits per heavy atom. The molecular weight excluding hydrogens is 312 g/mol. The van der Waals surface area contributed by atoms with Gasteiger partial charge in [0.25, 0.3) is 0 Å². The molecule has 4 nitrogen and oxygen atoms in total. The maximum absolute atomic E-state index is 12.2. The Labute approximate surface area is 150 Å². The van der Waals surface area contributed by atoms with Crippen LogP contribution in [0.1, 0.15) is 45.1 Å². The first-order chi connectivity index (χ1) is 12.0. The molecule has 0 spiro atoms. The molecule has 133 valence electrons. The fourth-order valence-corrected chi connectivity index (χ4v) is 2.81. The molecule has 2 atom stereocenters. The number of rotatable bonds is 8. The fraction of sp³-hybridized carbons (Fsp3) is 0.429. The van der Waals surface area contributed by atoms with Crippen LogP contribution in [0.25, 0.3) is 0 Å². The predicted octanol–water partition coefficient (Wildman–Crippen LogP) is 3.10. The van der Waals surface area contributed by atoms with Crippen LogP contribution >= 0.6 is 0 Å². The predicted molar refractivity (Wildman–Crippen MR) is 99.7 cm³/mol. The molecule has 25 heavy (non-hydrogen) atoms. The van der Waals surface area contributed by atoms with Gasteiger partial charge in [0, 0.05) is 6.42 Å². The number of carbonyl (C=O) groups is 2. The van der Waals surface area contributed by atoms with Crippen molar-refractivity contribution in [3.8, 4) is 0 Å². The molecule has 0 aromatic heterocycles. The highest BCUT2D eigenvalue weighted by Crippen LogP contribution is 2.11. The molecule has 0 saturated carbocycles. The summed E-state index contributed by atoms with van der Waals surface area (Å²) in [6.07, 6.45) is 10.8. The topological polar surface area (TPSA) is 58.2 Å². The van der Waals surface area contributed by atoms with Crippen molar-refractivity contribution < 1.29 is 9.59 Å². The van der Waals surface area contributed by atoms with Crippen LogP contribution in [0, 0.1) is 6.08 Å². The highest BCUT2D eigenvalue weighted by Gasteiger charge is 2.19. The van der Waals surface area contributed by atoms with Crippen LogP contribution in [0.15, 0.2) is 48.1 Å². The number of unbranched alkanes of at least 4 members (excludes halogenated alkanes) is 1. The van der Waals surface area contributed by atoms with Crippen LogP contribution < -0.4 is 10.6 Å². The van der Waals surface area contributed by atoms with Gasteiger partial charge in [-0.05, 0) is 51.2 Å². The third-order valence-electron chi connectivity index (χ3n) is 4.23. The van der Waals surface area contributed by atoms with Crippen molar-refractivity contribution >= 4 is 11.8 Å². The van der Waals surface area contributed by atoms with Gasteiger partial charge in [-0.1, -0.05) is 48.1 Å². The second kappa shape index (κ2) is 9.82. The number of hydrogen-bond acceptors (Lipinski definition) is 2. The van der Waals surface area contributed by atoms with E-state index in [9.17, 15) is 9.59 Å². The SMILES string of the molecule is CC1=C[C]=C[C@@H](NC(=O)[C@H](C)NC(=O)CCCCc2ccccc2)C1. The summed E-state index contributed by atoms with van der Waals surface area (Å²) >= 11 is 0. The van der Waals surface area contributed by atoms with Gasteiger partial charge in [-0.15, -0.1) is 0 Å². The zero-order valence-electron chi connectivity index (χ0n) is 15.0. The minimum atomic E-state index is -0.527. The minimum absolute atomic E-state index is 0.0391. The van der Waals surface area contributed by atoms with E-state index in [1.165, 1.54) is 11.1 Å². The maximum atomic E-state index is 12.2. The molecule has 1 radical (unpaired) electrons. The lowest BCUT2D eigenvalue weighted by molar-refractivity contribution is -0.128. The van der Waals surface area contributed by atoms with Gasteiger partial charge < -0.3 is 10.6 Å². The van der Waals surface area contributed by atoms with Crippen LogP contribution in [-0.2, 0) is 16.0 Å². The Balaban J connectivity index is 1.63. The van der Waals surface area contributed by atoms with E-state index in [4.69, 9.17) is 0 Å². The quantitative estimate of drug-likeness (QED) is 0.715. The van der Waals surface area contributed by atoms with Crippen molar-refractivity contribution in [2.24, 2.45) is 0 Å². The van der Waals surface area contributed by atoms with Crippen LogP contribution in [0.2, 0.25) is 0 Å². The van der Waals surface area contributed by atoms with E-state index in [1.54, 1.807) is 6.92 Å². The first kappa shape index (κ1) is 19.0. The van der Waals surface area contributed by atoms with Crippen LogP contribution in [0.5, 0.6) is 0 Å². The second-order valence-electron chi connectivity index (χ2n) is 6.63. The number of carbonyl (C=O) groups excluding carboxylic acids is 2. The maximum Gasteiger partial charge on any atom is 0.242 e. The monoisotopic (exact) mass is 339 g/mol. The van der Waals surface area contributed by atoms with E-state index in [2.05, 4.69) is 28.8 Å². The summed E-state index contributed by atoms with van der Waals surface area (Å²) in [6, 6.07) is 9.69. The van der Waals surface area contributed by atoms with Gasteiger partial charge in [-0.2, -0.15) is 0 Å². The molecule has 0 heterocycles. The van der Waals surface area contributed by atoms with E-state index in [1.807, 2.05) is 37.3 Å². The van der Waals surface area contributed by atoms with Crippen LogP contribution in [0.3, 0.4) is 0 Å². The standard InChI is InChI=1S/C21H27N2O2/c1-16-9-8-13-19(15-16)23-21(25)17(2)22-20(24)14-7-6-12-18-10-4-3-5-11-18/h3-5,9-11,13,17,19H,6-7,12,14-15H2,1-2H3,(H,22,24)(H,23,25)/t17-,19+/m0/s1. The molecule has 0 fully saturated rings. The summed E-state index contributed by atoms with van der Waals surface area (Å²) in [5.74, 6) is -0.229. The van der Waals surface area contributed by atoms with Crippen molar-refractivity contribution in [1.29, 1.82) is 0 Å². The molecule has 1 aromatic carbocycles. The van der Waals surface area contributed by atoms with Crippen molar-refractivity contribution in [3.05, 3.63) is 59.7 Å². The number of aryl methyl sites for hydroxylation is 1. The first-order valence-electron chi connectivity index (χ1n) is 8.93. The number of hydrogen-bond donors (Lipinski definition) is 2. The molecule has 0 unspecified atom stereocenters. The third-order valence-corrected chi connectivity index (χ3v) is 4.23. The molecule has 1 aliphatic carbocycles. The van der Waals surface area contributed by atoms with Crippen molar-refractivity contribution in [3.63, 3.8) is 0 Å². The molecule has 1 aliphatic rings. The number of amides is 2. The summed E-state index contributed by atoms with van der Waals surface area (Å²) < 4.78 is 0. The van der Waals surface area contributed by atoms with Gasteiger partial charge >= 0.3 is 0 Å². The molecule has 0 saturated heterocycles. The lowest BCUT2D eigenvalue weighted by atomic mass is 10.0. The average Bonchev–Trinajstić information content (AvgIpc) is 2.59. The van der Waals surface area contributed by atoms with Crippen molar-refractivity contribution in [2.75, 3.05) is 0 Å². The average molecular weight is 339 g/mol. The molecule has 4 heteroatoms. The van der Waals surface area contributed by atoms with E-state index in [-0.39, 0.29) is 17.9 Å². The van der Waals surface area contributed by atoms with Gasteiger partial charge in [0.2, 0.25) is 11.8 Å². The zero-order chi connectivity index (χ0) is 18.1. The van der Waals surface area contributed by atoms with Crippen LogP contribution in [0.4, 0.5) is 0 Å². The summed E-state index contributed by atoms with van der Waals surface area (Å²) in [6.45, 7) is 3.73. The summed E-state index contributed by atoms with van der Waals surface area (Å²) in [5.41, 5.74) is 2.47. The number of nitrogens with one attached hydrogen (secondary N) is 2. The molecule has 0 bridgehead atoms. The second-order valence-corrected chi connectivity index (χ2v) is 6.63. The van der Waals surface area contributed by atoms with Gasteiger partial charge in [0.1, 0.15) is 6.04 Å². The number of benzene rings is 1. The van der Waals surface area contributed by atoms with Crippen molar-refractivity contribution in [2.45, 2.75) is 58.0 Å². The van der Waals surface area contributed by atoms with E-state index in [0.717, 1.165) is 25.7 Å². The Morgan fingerprint density at radius 2 is 2.00 bits per heavy atom. The smallest absolute Gasteiger partial charge is 0.242 e. The third kappa shape index (κ3) is 6.96. The largest absolute Gasteiger partial charge is 0.348 e. The summed E-state index contributed by atoms with van der Waals surface area (Å²) in [4.78, 5) is 24.2. The lowest BCUT2D eigenvalue weighted by Crippen LogP contribution is -2.47. The van der Waals surface area contributed by atoms with E-state index >= 15 is 0 Å². The Kier molecular flexibility index (Phi) is 7.45. The highest BCUT2D eigenvalue weighted by molar-refractivity contribution is 5.87. The minimum Gasteiger partial charge on any atom is -0.348 e. The van der Waals surface area contributed by atoms with E-state index in [0.29, 0.717) is 6.42 Å². The molecule has 2 amide bonds. The highest BCUT2D eigenvalue weighted by atomic mass is 16.2. The lowest BCUT2D eigenvalue weighted by Gasteiger charge is -2.21. The Morgan fingerprint density at radius 3 is 2.72 bits per heavy atom. The molecule has 1 aromatic rings. The normalized spacial score (nSPS) is 17.5. The zero-order valence-corrected chi connectivity index (χ0v) is 15.0.